The molecule has 152 valence electrons. The molecule has 0 aliphatic carbocycles. The molecule has 1 amide bonds. The Labute approximate surface area is 170 Å². The van der Waals surface area contributed by atoms with E-state index < -0.39 is 5.54 Å². The van der Waals surface area contributed by atoms with Gasteiger partial charge in [-0.05, 0) is 32.9 Å². The van der Waals surface area contributed by atoms with Gasteiger partial charge in [-0.1, -0.05) is 35.5 Å². The lowest BCUT2D eigenvalue weighted by Gasteiger charge is -2.34. The van der Waals surface area contributed by atoms with Crippen LogP contribution in [0.2, 0.25) is 0 Å². The molecule has 0 bridgehead atoms. The van der Waals surface area contributed by atoms with Crippen LogP contribution >= 0.6 is 0 Å². The number of methoxy groups -OCH3 is 2. The molecular weight excluding hydrogens is 370 g/mol. The zero-order chi connectivity index (χ0) is 21.0. The average Bonchev–Trinajstić information content (AvgIpc) is 3.19. The number of amides is 1. The molecule has 7 heteroatoms. The third-order valence-electron chi connectivity index (χ3n) is 4.45. The van der Waals surface area contributed by atoms with Gasteiger partial charge >= 0.3 is 0 Å². The number of hydrogen-bond acceptors (Lipinski definition) is 6. The van der Waals surface area contributed by atoms with Crippen LogP contribution in [0.15, 0.2) is 53.1 Å². The van der Waals surface area contributed by atoms with Gasteiger partial charge in [0.1, 0.15) is 18.0 Å². The lowest BCUT2D eigenvalue weighted by atomic mass is 10.0. The number of carbonyl (C=O) groups excluding carboxylic acids is 1. The van der Waals surface area contributed by atoms with Crippen LogP contribution in [0.25, 0.3) is 11.4 Å². The molecule has 0 radical (unpaired) electrons. The molecular formula is C22H25N3O4. The van der Waals surface area contributed by atoms with Crippen LogP contribution in [-0.4, -0.2) is 40.7 Å². The predicted molar refractivity (Wildman–Crippen MR) is 109 cm³/mol. The number of aromatic nitrogens is 2. The van der Waals surface area contributed by atoms with Gasteiger partial charge in [-0.3, -0.25) is 4.79 Å². The number of rotatable bonds is 6. The van der Waals surface area contributed by atoms with E-state index in [0.29, 0.717) is 28.8 Å². The molecule has 1 heterocycles. The average molecular weight is 395 g/mol. The first kappa shape index (κ1) is 20.4. The standard InChI is InChI=1S/C22H25N3O4/c1-22(2,3)25(21(26)16-11-17(27-4)13-18(12-16)28-5)14-19-23-20(24-29-19)15-9-7-6-8-10-15/h6-13H,14H2,1-5H3. The van der Waals surface area contributed by atoms with Gasteiger partial charge in [0, 0.05) is 22.7 Å². The highest BCUT2D eigenvalue weighted by Crippen LogP contribution is 2.27. The van der Waals surface area contributed by atoms with E-state index >= 15 is 0 Å². The molecule has 1 aromatic heterocycles. The number of benzene rings is 2. The van der Waals surface area contributed by atoms with Gasteiger partial charge in [-0.2, -0.15) is 4.98 Å². The van der Waals surface area contributed by atoms with Gasteiger partial charge in [-0.15, -0.1) is 0 Å². The molecule has 0 aliphatic heterocycles. The van der Waals surface area contributed by atoms with Crippen LogP contribution in [-0.2, 0) is 6.54 Å². The maximum Gasteiger partial charge on any atom is 0.255 e. The van der Waals surface area contributed by atoms with E-state index in [1.807, 2.05) is 51.1 Å². The van der Waals surface area contributed by atoms with Gasteiger partial charge in [0.2, 0.25) is 11.7 Å². The van der Waals surface area contributed by atoms with Crippen molar-refractivity contribution in [2.24, 2.45) is 0 Å². The summed E-state index contributed by atoms with van der Waals surface area (Å²) in [5.41, 5.74) is 0.835. The molecule has 29 heavy (non-hydrogen) atoms. The Kier molecular flexibility index (Phi) is 5.87. The monoisotopic (exact) mass is 395 g/mol. The van der Waals surface area contributed by atoms with E-state index in [-0.39, 0.29) is 12.5 Å². The summed E-state index contributed by atoms with van der Waals surface area (Å²) in [6, 6.07) is 14.7. The van der Waals surface area contributed by atoms with Crippen molar-refractivity contribution in [1.82, 2.24) is 15.0 Å². The summed E-state index contributed by atoms with van der Waals surface area (Å²) < 4.78 is 16.0. The van der Waals surface area contributed by atoms with E-state index in [9.17, 15) is 4.79 Å². The molecule has 3 rings (SSSR count). The molecule has 7 nitrogen and oxygen atoms in total. The second kappa shape index (κ2) is 8.34. The zero-order valence-corrected chi connectivity index (χ0v) is 17.3. The first-order chi connectivity index (χ1) is 13.8. The van der Waals surface area contributed by atoms with E-state index in [1.54, 1.807) is 37.3 Å². The smallest absolute Gasteiger partial charge is 0.255 e. The number of nitrogens with zero attached hydrogens (tertiary/aromatic N) is 3. The van der Waals surface area contributed by atoms with Gasteiger partial charge in [0.05, 0.1) is 14.2 Å². The van der Waals surface area contributed by atoms with Crippen molar-refractivity contribution in [3.05, 3.63) is 60.0 Å². The Morgan fingerprint density at radius 2 is 1.66 bits per heavy atom. The fourth-order valence-corrected chi connectivity index (χ4v) is 2.86. The van der Waals surface area contributed by atoms with Crippen LogP contribution in [0.1, 0.15) is 37.0 Å². The summed E-state index contributed by atoms with van der Waals surface area (Å²) in [6.07, 6.45) is 0. The lowest BCUT2D eigenvalue weighted by molar-refractivity contribution is 0.0525. The Morgan fingerprint density at radius 3 is 2.21 bits per heavy atom. The Hall–Kier alpha value is -3.35. The van der Waals surface area contributed by atoms with Crippen molar-refractivity contribution in [3.63, 3.8) is 0 Å². The van der Waals surface area contributed by atoms with Crippen LogP contribution in [0.4, 0.5) is 0 Å². The largest absolute Gasteiger partial charge is 0.497 e. The van der Waals surface area contributed by atoms with Crippen molar-refractivity contribution in [2.75, 3.05) is 14.2 Å². The van der Waals surface area contributed by atoms with Gasteiger partial charge < -0.3 is 18.9 Å². The van der Waals surface area contributed by atoms with Crippen molar-refractivity contribution >= 4 is 5.91 Å². The maximum atomic E-state index is 13.3. The molecule has 0 saturated carbocycles. The molecule has 0 unspecified atom stereocenters. The fourth-order valence-electron chi connectivity index (χ4n) is 2.86. The molecule has 0 atom stereocenters. The summed E-state index contributed by atoms with van der Waals surface area (Å²) in [7, 11) is 3.10. The number of hydrogen-bond donors (Lipinski definition) is 0. The molecule has 0 aliphatic rings. The second-order valence-electron chi connectivity index (χ2n) is 7.54. The van der Waals surface area contributed by atoms with Crippen LogP contribution in [0.5, 0.6) is 11.5 Å². The Balaban J connectivity index is 1.90. The van der Waals surface area contributed by atoms with Crippen molar-refractivity contribution < 1.29 is 18.8 Å². The van der Waals surface area contributed by atoms with Crippen LogP contribution in [0.3, 0.4) is 0 Å². The summed E-state index contributed by atoms with van der Waals surface area (Å²) in [5.74, 6) is 1.76. The predicted octanol–water partition coefficient (Wildman–Crippen LogP) is 4.19. The lowest BCUT2D eigenvalue weighted by Crippen LogP contribution is -2.45. The second-order valence-corrected chi connectivity index (χ2v) is 7.54. The SMILES string of the molecule is COc1cc(OC)cc(C(=O)N(Cc2nc(-c3ccccc3)no2)C(C)(C)C)c1. The third kappa shape index (κ3) is 4.74. The molecule has 0 saturated heterocycles. The van der Waals surface area contributed by atoms with E-state index in [1.165, 1.54) is 0 Å². The zero-order valence-electron chi connectivity index (χ0n) is 17.3. The fraction of sp³-hybridized carbons (Fsp3) is 0.318. The summed E-state index contributed by atoms with van der Waals surface area (Å²) in [6.45, 7) is 6.05. The molecule has 3 aromatic rings. The van der Waals surface area contributed by atoms with Gasteiger partial charge in [0.25, 0.3) is 5.91 Å². The first-order valence-corrected chi connectivity index (χ1v) is 9.25. The molecule has 0 spiro atoms. The van der Waals surface area contributed by atoms with E-state index in [0.717, 1.165) is 5.56 Å². The van der Waals surface area contributed by atoms with Crippen molar-refractivity contribution in [2.45, 2.75) is 32.9 Å². The quantitative estimate of drug-likeness (QED) is 0.623. The molecule has 0 fully saturated rings. The maximum absolute atomic E-state index is 13.3. The topological polar surface area (TPSA) is 77.7 Å². The first-order valence-electron chi connectivity index (χ1n) is 9.25. The molecule has 0 N–H and O–H groups in total. The van der Waals surface area contributed by atoms with Crippen molar-refractivity contribution in [1.29, 1.82) is 0 Å². The Morgan fingerprint density at radius 1 is 1.03 bits per heavy atom. The van der Waals surface area contributed by atoms with E-state index in [4.69, 9.17) is 14.0 Å². The van der Waals surface area contributed by atoms with Crippen LogP contribution < -0.4 is 9.47 Å². The number of carbonyl (C=O) groups is 1. The highest BCUT2D eigenvalue weighted by atomic mass is 16.5. The summed E-state index contributed by atoms with van der Waals surface area (Å²) in [4.78, 5) is 19.5. The number of ether oxygens (including phenoxy) is 2. The normalized spacial score (nSPS) is 11.2. The van der Waals surface area contributed by atoms with Crippen molar-refractivity contribution in [3.8, 4) is 22.9 Å². The highest BCUT2D eigenvalue weighted by Gasteiger charge is 2.30. The third-order valence-corrected chi connectivity index (χ3v) is 4.45. The minimum atomic E-state index is -0.477. The summed E-state index contributed by atoms with van der Waals surface area (Å²) >= 11 is 0. The van der Waals surface area contributed by atoms with Gasteiger partial charge in [-0.25, -0.2) is 0 Å². The van der Waals surface area contributed by atoms with E-state index in [2.05, 4.69) is 10.1 Å². The van der Waals surface area contributed by atoms with Gasteiger partial charge in [0.15, 0.2) is 0 Å². The Bertz CT molecular complexity index is 955. The molecule has 2 aromatic carbocycles. The summed E-state index contributed by atoms with van der Waals surface area (Å²) in [5, 5.41) is 4.04. The van der Waals surface area contributed by atoms with Crippen LogP contribution in [0, 0.1) is 0 Å². The minimum Gasteiger partial charge on any atom is -0.497 e. The minimum absolute atomic E-state index is 0.182. The highest BCUT2D eigenvalue weighted by molar-refractivity contribution is 5.95.